The van der Waals surface area contributed by atoms with Crippen molar-refractivity contribution in [3.05, 3.63) is 65.5 Å². The second kappa shape index (κ2) is 6.13. The van der Waals surface area contributed by atoms with Gasteiger partial charge in [0, 0.05) is 6.54 Å². The van der Waals surface area contributed by atoms with Crippen molar-refractivity contribution >= 4 is 10.0 Å². The average Bonchev–Trinajstić information content (AvgIpc) is 2.46. The molecule has 0 aliphatic carbocycles. The Hall–Kier alpha value is -1.76. The van der Waals surface area contributed by atoms with Crippen LogP contribution in [0.4, 0.5) is 4.39 Å². The first kappa shape index (κ1) is 14.6. The fourth-order valence-corrected chi connectivity index (χ4v) is 2.76. The number of aliphatic hydroxyl groups excluding tert-OH is 1. The molecule has 0 unspecified atom stereocenters. The third-order valence-corrected chi connectivity index (χ3v) is 4.28. The summed E-state index contributed by atoms with van der Waals surface area (Å²) < 4.78 is 39.2. The van der Waals surface area contributed by atoms with Crippen LogP contribution in [0.25, 0.3) is 0 Å². The summed E-state index contributed by atoms with van der Waals surface area (Å²) in [7, 11) is -3.70. The quantitative estimate of drug-likeness (QED) is 0.884. The van der Waals surface area contributed by atoms with E-state index < -0.39 is 15.8 Å². The maximum Gasteiger partial charge on any atom is 0.240 e. The van der Waals surface area contributed by atoms with E-state index in [2.05, 4.69) is 4.72 Å². The molecule has 106 valence electrons. The minimum atomic E-state index is -3.70. The summed E-state index contributed by atoms with van der Waals surface area (Å²) in [6.45, 7) is -0.0924. The molecule has 0 amide bonds. The topological polar surface area (TPSA) is 66.4 Å². The van der Waals surface area contributed by atoms with Crippen LogP contribution in [0.1, 0.15) is 11.1 Å². The maximum absolute atomic E-state index is 12.8. The van der Waals surface area contributed by atoms with Crippen molar-refractivity contribution in [3.63, 3.8) is 0 Å². The lowest BCUT2D eigenvalue weighted by Gasteiger charge is -2.09. The number of aliphatic hydroxyl groups is 1. The van der Waals surface area contributed by atoms with Crippen LogP contribution in [0.3, 0.4) is 0 Å². The molecule has 6 heteroatoms. The highest BCUT2D eigenvalue weighted by Gasteiger charge is 2.14. The van der Waals surface area contributed by atoms with Crippen LogP contribution in [0.15, 0.2) is 53.4 Å². The van der Waals surface area contributed by atoms with E-state index in [0.717, 1.165) is 12.1 Å². The molecule has 0 heterocycles. The molecule has 0 saturated carbocycles. The summed E-state index contributed by atoms with van der Waals surface area (Å²) in [4.78, 5) is 0.000351. The van der Waals surface area contributed by atoms with E-state index in [1.165, 1.54) is 12.1 Å². The highest BCUT2D eigenvalue weighted by molar-refractivity contribution is 7.89. The molecule has 0 atom stereocenters. The first-order valence-electron chi connectivity index (χ1n) is 5.96. The molecule has 0 bridgehead atoms. The number of rotatable bonds is 5. The van der Waals surface area contributed by atoms with E-state index in [4.69, 9.17) is 0 Å². The minimum absolute atomic E-state index is 0.000351. The Balaban J connectivity index is 2.15. The number of nitrogens with one attached hydrogen (secondary N) is 1. The lowest BCUT2D eigenvalue weighted by atomic mass is 10.1. The van der Waals surface area contributed by atoms with Crippen LogP contribution in [0.5, 0.6) is 0 Å². The van der Waals surface area contributed by atoms with Gasteiger partial charge in [0.2, 0.25) is 10.0 Å². The van der Waals surface area contributed by atoms with Gasteiger partial charge in [-0.15, -0.1) is 0 Å². The van der Waals surface area contributed by atoms with E-state index in [-0.39, 0.29) is 18.0 Å². The number of sulfonamides is 1. The van der Waals surface area contributed by atoms with Crippen LogP contribution in [-0.2, 0) is 23.2 Å². The summed E-state index contributed by atoms with van der Waals surface area (Å²) in [5, 5.41) is 9.18. The zero-order valence-electron chi connectivity index (χ0n) is 10.6. The van der Waals surface area contributed by atoms with Crippen molar-refractivity contribution < 1.29 is 17.9 Å². The SMILES string of the molecule is O=S(=O)(NCc1ccccc1CO)c1ccc(F)cc1. The number of hydrogen-bond donors (Lipinski definition) is 2. The lowest BCUT2D eigenvalue weighted by molar-refractivity contribution is 0.280. The number of benzene rings is 2. The maximum atomic E-state index is 12.8. The number of hydrogen-bond acceptors (Lipinski definition) is 3. The molecule has 2 rings (SSSR count). The van der Waals surface area contributed by atoms with E-state index in [1.54, 1.807) is 24.3 Å². The van der Waals surface area contributed by atoms with Gasteiger partial charge in [-0.05, 0) is 35.4 Å². The molecule has 0 radical (unpaired) electrons. The van der Waals surface area contributed by atoms with Crippen LogP contribution < -0.4 is 4.72 Å². The smallest absolute Gasteiger partial charge is 0.240 e. The van der Waals surface area contributed by atoms with E-state index in [0.29, 0.717) is 11.1 Å². The molecule has 0 spiro atoms. The van der Waals surface area contributed by atoms with Gasteiger partial charge in [-0.2, -0.15) is 0 Å². The van der Waals surface area contributed by atoms with E-state index in [1.807, 2.05) is 0 Å². The zero-order chi connectivity index (χ0) is 14.6. The fraction of sp³-hybridized carbons (Fsp3) is 0.143. The van der Waals surface area contributed by atoms with Crippen LogP contribution >= 0.6 is 0 Å². The second-order valence-electron chi connectivity index (χ2n) is 4.21. The van der Waals surface area contributed by atoms with Gasteiger partial charge in [0.15, 0.2) is 0 Å². The molecular formula is C14H14FNO3S. The van der Waals surface area contributed by atoms with Gasteiger partial charge >= 0.3 is 0 Å². The highest BCUT2D eigenvalue weighted by atomic mass is 32.2. The largest absolute Gasteiger partial charge is 0.392 e. The highest BCUT2D eigenvalue weighted by Crippen LogP contribution is 2.12. The Labute approximate surface area is 116 Å². The molecule has 20 heavy (non-hydrogen) atoms. The van der Waals surface area contributed by atoms with Crippen LogP contribution in [-0.4, -0.2) is 13.5 Å². The monoisotopic (exact) mass is 295 g/mol. The molecular weight excluding hydrogens is 281 g/mol. The van der Waals surface area contributed by atoms with Crippen LogP contribution in [0, 0.1) is 5.82 Å². The Kier molecular flexibility index (Phi) is 4.49. The van der Waals surface area contributed by atoms with Gasteiger partial charge in [-0.1, -0.05) is 24.3 Å². The summed E-state index contributed by atoms with van der Waals surface area (Å²) >= 11 is 0. The third kappa shape index (κ3) is 3.41. The fourth-order valence-electron chi connectivity index (χ4n) is 1.75. The Morgan fingerprint density at radius 2 is 1.60 bits per heavy atom. The van der Waals surface area contributed by atoms with Gasteiger partial charge in [0.1, 0.15) is 5.82 Å². The average molecular weight is 295 g/mol. The molecule has 2 aromatic rings. The Morgan fingerprint density at radius 1 is 1.00 bits per heavy atom. The van der Waals surface area contributed by atoms with Gasteiger partial charge < -0.3 is 5.11 Å². The van der Waals surface area contributed by atoms with E-state index >= 15 is 0 Å². The number of halogens is 1. The molecule has 0 aliphatic rings. The zero-order valence-corrected chi connectivity index (χ0v) is 11.4. The molecule has 2 aromatic carbocycles. The normalized spacial score (nSPS) is 11.5. The summed E-state index contributed by atoms with van der Waals surface area (Å²) in [6, 6.07) is 11.6. The molecule has 0 aliphatic heterocycles. The van der Waals surface area contributed by atoms with Crippen molar-refractivity contribution in [1.82, 2.24) is 4.72 Å². The lowest BCUT2D eigenvalue weighted by Crippen LogP contribution is -2.23. The third-order valence-electron chi connectivity index (χ3n) is 2.87. The molecule has 0 fully saturated rings. The Morgan fingerprint density at radius 3 is 2.20 bits per heavy atom. The molecule has 0 aromatic heterocycles. The Bertz CT molecular complexity index is 684. The van der Waals surface area contributed by atoms with Gasteiger partial charge in [-0.25, -0.2) is 17.5 Å². The van der Waals surface area contributed by atoms with Crippen molar-refractivity contribution in [2.45, 2.75) is 18.0 Å². The van der Waals surface area contributed by atoms with Crippen molar-refractivity contribution in [1.29, 1.82) is 0 Å². The standard InChI is InChI=1S/C14H14FNO3S/c15-13-5-7-14(8-6-13)20(18,19)16-9-11-3-1-2-4-12(11)10-17/h1-8,16-17H,9-10H2. The summed E-state index contributed by atoms with van der Waals surface area (Å²) in [5.41, 5.74) is 1.36. The first-order valence-corrected chi connectivity index (χ1v) is 7.44. The van der Waals surface area contributed by atoms with Crippen molar-refractivity contribution in [2.75, 3.05) is 0 Å². The predicted molar refractivity (Wildman–Crippen MR) is 72.8 cm³/mol. The van der Waals surface area contributed by atoms with Crippen molar-refractivity contribution in [3.8, 4) is 0 Å². The predicted octanol–water partition coefficient (Wildman–Crippen LogP) is 1.80. The minimum Gasteiger partial charge on any atom is -0.392 e. The molecule has 4 nitrogen and oxygen atoms in total. The molecule has 2 N–H and O–H groups in total. The van der Waals surface area contributed by atoms with Gasteiger partial charge in [0.05, 0.1) is 11.5 Å². The summed E-state index contributed by atoms with van der Waals surface area (Å²) in [5.74, 6) is -0.491. The van der Waals surface area contributed by atoms with Crippen molar-refractivity contribution in [2.24, 2.45) is 0 Å². The first-order chi connectivity index (χ1) is 9.53. The summed E-state index contributed by atoms with van der Waals surface area (Å²) in [6.07, 6.45) is 0. The second-order valence-corrected chi connectivity index (χ2v) is 5.97. The van der Waals surface area contributed by atoms with Gasteiger partial charge in [0.25, 0.3) is 0 Å². The van der Waals surface area contributed by atoms with Gasteiger partial charge in [-0.3, -0.25) is 0 Å². The van der Waals surface area contributed by atoms with E-state index in [9.17, 15) is 17.9 Å². The van der Waals surface area contributed by atoms with Crippen LogP contribution in [0.2, 0.25) is 0 Å². The molecule has 0 saturated heterocycles.